The van der Waals surface area contributed by atoms with E-state index in [2.05, 4.69) is 33.0 Å². The van der Waals surface area contributed by atoms with Crippen LogP contribution in [0.2, 0.25) is 0 Å². The van der Waals surface area contributed by atoms with E-state index in [0.29, 0.717) is 0 Å². The molecule has 1 aliphatic heterocycles. The highest BCUT2D eigenvalue weighted by Gasteiger charge is 2.22. The molecule has 0 amide bonds. The van der Waals surface area contributed by atoms with Gasteiger partial charge in [-0.25, -0.2) is 0 Å². The first-order chi connectivity index (χ1) is 11.3. The van der Waals surface area contributed by atoms with E-state index >= 15 is 0 Å². The molecule has 3 rings (SSSR count). The lowest BCUT2D eigenvalue weighted by atomic mass is 9.94. The molecular formula is C19H30BrNO2. The average molecular weight is 384 g/mol. The third-order valence-corrected chi connectivity index (χ3v) is 5.17. The fourth-order valence-electron chi connectivity index (χ4n) is 3.26. The average Bonchev–Trinajstić information content (AvgIpc) is 2.63. The summed E-state index contributed by atoms with van der Waals surface area (Å²) < 4.78 is 11.4. The third-order valence-electron chi connectivity index (χ3n) is 4.64. The number of benzene rings is 1. The maximum Gasteiger partial charge on any atom is 0.0594 e. The van der Waals surface area contributed by atoms with Crippen LogP contribution in [0, 0.1) is 0 Å². The first-order valence-corrected chi connectivity index (χ1v) is 9.64. The molecule has 2 fully saturated rings. The lowest BCUT2D eigenvalue weighted by Gasteiger charge is -2.36. The van der Waals surface area contributed by atoms with E-state index in [1.54, 1.807) is 7.11 Å². The summed E-state index contributed by atoms with van der Waals surface area (Å²) in [6.45, 7) is 5.05. The zero-order valence-corrected chi connectivity index (χ0v) is 15.9. The van der Waals surface area contributed by atoms with Crippen molar-refractivity contribution in [3.8, 4) is 0 Å². The Kier molecular flexibility index (Phi) is 9.20. The number of methoxy groups -OCH3 is 1. The first-order valence-electron chi connectivity index (χ1n) is 8.85. The first kappa shape index (κ1) is 18.9. The van der Waals surface area contributed by atoms with Gasteiger partial charge in [0, 0.05) is 30.7 Å². The van der Waals surface area contributed by atoms with E-state index in [4.69, 9.17) is 9.47 Å². The normalized spacial score (nSPS) is 19.9. The lowest BCUT2D eigenvalue weighted by Crippen LogP contribution is -2.44. The third kappa shape index (κ3) is 7.34. The molecule has 23 heavy (non-hydrogen) atoms. The molecule has 1 aliphatic carbocycles. The SMILES string of the molecule is C1CCC(N2CCOCC2)CC1.COCCc1ccc(Br)cc1. The van der Waals surface area contributed by atoms with Crippen molar-refractivity contribution in [2.24, 2.45) is 0 Å². The second-order valence-corrected chi connectivity index (χ2v) is 7.23. The van der Waals surface area contributed by atoms with Crippen LogP contribution in [0.4, 0.5) is 0 Å². The van der Waals surface area contributed by atoms with Gasteiger partial charge in [0.25, 0.3) is 0 Å². The van der Waals surface area contributed by atoms with Crippen LogP contribution in [0.25, 0.3) is 0 Å². The van der Waals surface area contributed by atoms with Crippen LogP contribution in [-0.2, 0) is 15.9 Å². The topological polar surface area (TPSA) is 21.7 Å². The molecule has 1 saturated carbocycles. The maximum absolute atomic E-state index is 5.35. The second kappa shape index (κ2) is 11.2. The second-order valence-electron chi connectivity index (χ2n) is 6.31. The fourth-order valence-corrected chi connectivity index (χ4v) is 3.52. The Bertz CT molecular complexity index is 396. The summed E-state index contributed by atoms with van der Waals surface area (Å²) in [6, 6.07) is 9.19. The lowest BCUT2D eigenvalue weighted by molar-refractivity contribution is 0.00858. The summed E-state index contributed by atoms with van der Waals surface area (Å²) in [4.78, 5) is 2.63. The molecule has 1 heterocycles. The Labute approximate surface area is 149 Å². The molecule has 130 valence electrons. The number of ether oxygens (including phenoxy) is 2. The quantitative estimate of drug-likeness (QED) is 0.773. The predicted octanol–water partition coefficient (Wildman–Crippen LogP) is 4.29. The summed E-state index contributed by atoms with van der Waals surface area (Å²) in [6.07, 6.45) is 8.20. The molecule has 3 nitrogen and oxygen atoms in total. The highest BCUT2D eigenvalue weighted by Crippen LogP contribution is 2.22. The molecule has 1 aromatic carbocycles. The van der Waals surface area contributed by atoms with Gasteiger partial charge in [-0.15, -0.1) is 0 Å². The van der Waals surface area contributed by atoms with E-state index in [1.165, 1.54) is 50.8 Å². The van der Waals surface area contributed by atoms with E-state index in [0.717, 1.165) is 36.8 Å². The van der Waals surface area contributed by atoms with Crippen molar-refractivity contribution in [1.29, 1.82) is 0 Å². The summed E-state index contributed by atoms with van der Waals surface area (Å²) in [7, 11) is 1.72. The Morgan fingerprint density at radius 2 is 1.74 bits per heavy atom. The minimum Gasteiger partial charge on any atom is -0.384 e. The smallest absolute Gasteiger partial charge is 0.0594 e. The molecule has 0 radical (unpaired) electrons. The summed E-state index contributed by atoms with van der Waals surface area (Å²) in [5, 5.41) is 0. The molecule has 1 aromatic rings. The zero-order valence-electron chi connectivity index (χ0n) is 14.3. The van der Waals surface area contributed by atoms with Gasteiger partial charge in [-0.05, 0) is 37.0 Å². The van der Waals surface area contributed by atoms with Gasteiger partial charge in [0.1, 0.15) is 0 Å². The van der Waals surface area contributed by atoms with E-state index in [-0.39, 0.29) is 0 Å². The Morgan fingerprint density at radius 1 is 1.09 bits per heavy atom. The maximum atomic E-state index is 5.35. The number of nitrogens with zero attached hydrogens (tertiary/aromatic N) is 1. The molecule has 2 aliphatic rings. The molecular weight excluding hydrogens is 354 g/mol. The van der Waals surface area contributed by atoms with Crippen LogP contribution in [0.3, 0.4) is 0 Å². The number of hydrogen-bond donors (Lipinski definition) is 0. The van der Waals surface area contributed by atoms with Gasteiger partial charge < -0.3 is 9.47 Å². The van der Waals surface area contributed by atoms with Crippen LogP contribution >= 0.6 is 15.9 Å². The van der Waals surface area contributed by atoms with Gasteiger partial charge >= 0.3 is 0 Å². The summed E-state index contributed by atoms with van der Waals surface area (Å²) >= 11 is 3.38. The molecule has 0 bridgehead atoms. The highest BCUT2D eigenvalue weighted by atomic mass is 79.9. The van der Waals surface area contributed by atoms with E-state index in [9.17, 15) is 0 Å². The van der Waals surface area contributed by atoms with Crippen LogP contribution in [0.15, 0.2) is 28.7 Å². The van der Waals surface area contributed by atoms with Crippen molar-refractivity contribution >= 4 is 15.9 Å². The van der Waals surface area contributed by atoms with E-state index < -0.39 is 0 Å². The Balaban J connectivity index is 0.000000168. The molecule has 0 aromatic heterocycles. The number of hydrogen-bond acceptors (Lipinski definition) is 3. The van der Waals surface area contributed by atoms with Gasteiger partial charge in [-0.3, -0.25) is 4.90 Å². The van der Waals surface area contributed by atoms with Crippen molar-refractivity contribution < 1.29 is 9.47 Å². The monoisotopic (exact) mass is 383 g/mol. The summed E-state index contributed by atoms with van der Waals surface area (Å²) in [5.41, 5.74) is 1.31. The van der Waals surface area contributed by atoms with Crippen LogP contribution in [0.5, 0.6) is 0 Å². The van der Waals surface area contributed by atoms with E-state index in [1.807, 2.05) is 12.1 Å². The van der Waals surface area contributed by atoms with Crippen molar-refractivity contribution in [2.75, 3.05) is 40.0 Å². The van der Waals surface area contributed by atoms with Crippen molar-refractivity contribution in [3.63, 3.8) is 0 Å². The highest BCUT2D eigenvalue weighted by molar-refractivity contribution is 9.10. The van der Waals surface area contributed by atoms with Gasteiger partial charge in [0.05, 0.1) is 19.8 Å². The Morgan fingerprint density at radius 3 is 2.35 bits per heavy atom. The molecule has 4 heteroatoms. The van der Waals surface area contributed by atoms with Crippen molar-refractivity contribution in [1.82, 2.24) is 4.90 Å². The summed E-state index contributed by atoms with van der Waals surface area (Å²) in [5.74, 6) is 0. The number of morpholine rings is 1. The molecule has 1 saturated heterocycles. The number of rotatable bonds is 4. The minimum absolute atomic E-state index is 0.793. The van der Waals surface area contributed by atoms with Crippen LogP contribution in [-0.4, -0.2) is 51.0 Å². The Hall–Kier alpha value is -0.420. The van der Waals surface area contributed by atoms with Crippen molar-refractivity contribution in [2.45, 2.75) is 44.6 Å². The van der Waals surface area contributed by atoms with Gasteiger partial charge in [0.2, 0.25) is 0 Å². The van der Waals surface area contributed by atoms with Gasteiger partial charge in [-0.2, -0.15) is 0 Å². The minimum atomic E-state index is 0.793. The largest absolute Gasteiger partial charge is 0.384 e. The van der Waals surface area contributed by atoms with Crippen LogP contribution in [0.1, 0.15) is 37.7 Å². The zero-order chi connectivity index (χ0) is 16.3. The molecule has 0 spiro atoms. The van der Waals surface area contributed by atoms with Crippen molar-refractivity contribution in [3.05, 3.63) is 34.3 Å². The molecule has 0 unspecified atom stereocenters. The fraction of sp³-hybridized carbons (Fsp3) is 0.684. The van der Waals surface area contributed by atoms with Gasteiger partial charge in [-0.1, -0.05) is 47.3 Å². The standard InChI is InChI=1S/C10H19NO.C9H11BrO/c1-2-4-10(5-3-1)11-6-8-12-9-7-11;1-11-7-6-8-2-4-9(10)5-3-8/h10H,1-9H2;2-5H,6-7H2,1H3. The van der Waals surface area contributed by atoms with Crippen LogP contribution < -0.4 is 0 Å². The number of halogens is 1. The predicted molar refractivity (Wildman–Crippen MR) is 99.0 cm³/mol. The molecule has 0 atom stereocenters. The molecule has 0 N–H and O–H groups in total. The van der Waals surface area contributed by atoms with Gasteiger partial charge in [0.15, 0.2) is 0 Å².